The minimum absolute atomic E-state index is 0.681. The van der Waals surface area contributed by atoms with Crippen molar-refractivity contribution in [2.24, 2.45) is 0 Å². The smallest absolute Gasteiger partial charge is 0.149 e. The number of nitrogens with two attached hydrogens (primary N) is 1. The predicted molar refractivity (Wildman–Crippen MR) is 52.1 cm³/mol. The van der Waals surface area contributed by atoms with Gasteiger partial charge in [0.05, 0.1) is 5.69 Å². The molecule has 3 nitrogen and oxygen atoms in total. The Labute approximate surface area is 72.3 Å². The number of anilines is 2. The predicted octanol–water partition coefficient (Wildman–Crippen LogP) is 1.57. The van der Waals surface area contributed by atoms with Gasteiger partial charge in [-0.3, -0.25) is 0 Å². The number of hydrogen-bond donors (Lipinski definition) is 2. The summed E-state index contributed by atoms with van der Waals surface area (Å²) in [7, 11) is 0. The molecular formula is C9H13N3. The van der Waals surface area contributed by atoms with Crippen molar-refractivity contribution in [3.8, 4) is 0 Å². The highest BCUT2D eigenvalue weighted by atomic mass is 15.0. The molecule has 0 aliphatic heterocycles. The molecule has 3 N–H and O–H groups in total. The standard InChI is InChI=1S/C9H13N3/c1-3-5-11-9-8(10)7(2)4-6-12-9/h3-4,6H,1,5,10H2,2H3,(H,11,12). The Morgan fingerprint density at radius 1 is 1.75 bits per heavy atom. The van der Waals surface area contributed by atoms with Crippen molar-refractivity contribution in [2.75, 3.05) is 17.6 Å². The summed E-state index contributed by atoms with van der Waals surface area (Å²) in [6, 6.07) is 1.88. The van der Waals surface area contributed by atoms with E-state index in [4.69, 9.17) is 5.73 Å². The van der Waals surface area contributed by atoms with Gasteiger partial charge < -0.3 is 11.1 Å². The summed E-state index contributed by atoms with van der Waals surface area (Å²) >= 11 is 0. The Morgan fingerprint density at radius 3 is 3.17 bits per heavy atom. The van der Waals surface area contributed by atoms with Crippen LogP contribution in [0.4, 0.5) is 11.5 Å². The van der Waals surface area contributed by atoms with Gasteiger partial charge in [0.1, 0.15) is 5.82 Å². The van der Waals surface area contributed by atoms with E-state index in [2.05, 4.69) is 16.9 Å². The second-order valence-electron chi connectivity index (χ2n) is 2.56. The average molecular weight is 163 g/mol. The molecule has 0 aliphatic carbocycles. The van der Waals surface area contributed by atoms with E-state index in [1.165, 1.54) is 0 Å². The van der Waals surface area contributed by atoms with Crippen molar-refractivity contribution >= 4 is 11.5 Å². The molecule has 12 heavy (non-hydrogen) atoms. The molecule has 0 unspecified atom stereocenters. The van der Waals surface area contributed by atoms with Crippen molar-refractivity contribution in [3.63, 3.8) is 0 Å². The molecule has 0 fully saturated rings. The van der Waals surface area contributed by atoms with Crippen LogP contribution in [-0.4, -0.2) is 11.5 Å². The van der Waals surface area contributed by atoms with Crippen LogP contribution < -0.4 is 11.1 Å². The number of nitrogen functional groups attached to an aromatic ring is 1. The van der Waals surface area contributed by atoms with Gasteiger partial charge in [0.25, 0.3) is 0 Å². The molecule has 0 spiro atoms. The summed E-state index contributed by atoms with van der Waals surface area (Å²) in [5.74, 6) is 0.731. The van der Waals surface area contributed by atoms with Crippen LogP contribution >= 0.6 is 0 Å². The molecule has 1 aromatic rings. The molecule has 0 saturated heterocycles. The maximum absolute atomic E-state index is 5.76. The van der Waals surface area contributed by atoms with E-state index in [1.807, 2.05) is 13.0 Å². The van der Waals surface area contributed by atoms with Crippen LogP contribution in [0.5, 0.6) is 0 Å². The highest BCUT2D eigenvalue weighted by molar-refractivity contribution is 5.64. The molecule has 1 rings (SSSR count). The highest BCUT2D eigenvalue weighted by Crippen LogP contribution is 2.17. The van der Waals surface area contributed by atoms with Gasteiger partial charge in [0.15, 0.2) is 0 Å². The molecule has 0 radical (unpaired) electrons. The molecule has 0 aliphatic rings. The molecule has 64 valence electrons. The first kappa shape index (κ1) is 8.59. The van der Waals surface area contributed by atoms with Crippen molar-refractivity contribution in [2.45, 2.75) is 6.92 Å². The lowest BCUT2D eigenvalue weighted by atomic mass is 10.2. The summed E-state index contributed by atoms with van der Waals surface area (Å²) in [5.41, 5.74) is 7.51. The topological polar surface area (TPSA) is 50.9 Å². The summed E-state index contributed by atoms with van der Waals surface area (Å²) in [5, 5.41) is 3.05. The Kier molecular flexibility index (Phi) is 2.69. The second kappa shape index (κ2) is 3.76. The number of rotatable bonds is 3. The first-order chi connectivity index (χ1) is 5.75. The third kappa shape index (κ3) is 1.75. The number of nitrogens with one attached hydrogen (secondary N) is 1. The maximum Gasteiger partial charge on any atom is 0.149 e. The number of pyridine rings is 1. The molecule has 0 atom stereocenters. The second-order valence-corrected chi connectivity index (χ2v) is 2.56. The van der Waals surface area contributed by atoms with Crippen LogP contribution in [0.25, 0.3) is 0 Å². The molecule has 1 aromatic heterocycles. The van der Waals surface area contributed by atoms with Crippen LogP contribution in [0.3, 0.4) is 0 Å². The van der Waals surface area contributed by atoms with Gasteiger partial charge >= 0.3 is 0 Å². The first-order valence-corrected chi connectivity index (χ1v) is 3.81. The van der Waals surface area contributed by atoms with Crippen LogP contribution in [0, 0.1) is 6.92 Å². The third-order valence-corrected chi connectivity index (χ3v) is 1.62. The zero-order chi connectivity index (χ0) is 8.97. The molecule has 0 amide bonds. The number of hydrogen-bond acceptors (Lipinski definition) is 3. The monoisotopic (exact) mass is 163 g/mol. The van der Waals surface area contributed by atoms with E-state index in [0.717, 1.165) is 11.4 Å². The molecule has 0 saturated carbocycles. The van der Waals surface area contributed by atoms with Crippen LogP contribution in [0.2, 0.25) is 0 Å². The van der Waals surface area contributed by atoms with Crippen molar-refractivity contribution in [1.82, 2.24) is 4.98 Å². The Morgan fingerprint density at radius 2 is 2.50 bits per heavy atom. The van der Waals surface area contributed by atoms with Gasteiger partial charge in [-0.2, -0.15) is 0 Å². The van der Waals surface area contributed by atoms with E-state index in [-0.39, 0.29) is 0 Å². The van der Waals surface area contributed by atoms with Crippen molar-refractivity contribution < 1.29 is 0 Å². The van der Waals surface area contributed by atoms with Gasteiger partial charge in [0, 0.05) is 12.7 Å². The van der Waals surface area contributed by atoms with Crippen LogP contribution in [0.1, 0.15) is 5.56 Å². The van der Waals surface area contributed by atoms with E-state index < -0.39 is 0 Å². The molecule has 3 heteroatoms. The van der Waals surface area contributed by atoms with E-state index in [9.17, 15) is 0 Å². The fourth-order valence-corrected chi connectivity index (χ4v) is 0.879. The molecule has 0 bridgehead atoms. The van der Waals surface area contributed by atoms with Gasteiger partial charge in [-0.15, -0.1) is 6.58 Å². The summed E-state index contributed by atoms with van der Waals surface area (Å²) in [6.07, 6.45) is 3.50. The largest absolute Gasteiger partial charge is 0.396 e. The minimum Gasteiger partial charge on any atom is -0.396 e. The van der Waals surface area contributed by atoms with Crippen molar-refractivity contribution in [1.29, 1.82) is 0 Å². The lowest BCUT2D eigenvalue weighted by Crippen LogP contribution is -2.04. The molecule has 1 heterocycles. The van der Waals surface area contributed by atoms with E-state index in [0.29, 0.717) is 12.2 Å². The average Bonchev–Trinajstić information content (AvgIpc) is 2.08. The lowest BCUT2D eigenvalue weighted by molar-refractivity contribution is 1.22. The SMILES string of the molecule is C=CCNc1nccc(C)c1N. The van der Waals surface area contributed by atoms with Gasteiger partial charge in [-0.1, -0.05) is 6.08 Å². The summed E-state index contributed by atoms with van der Waals surface area (Å²) in [6.45, 7) is 6.23. The first-order valence-electron chi connectivity index (χ1n) is 3.81. The zero-order valence-corrected chi connectivity index (χ0v) is 7.17. The summed E-state index contributed by atoms with van der Waals surface area (Å²) < 4.78 is 0. The minimum atomic E-state index is 0.681. The van der Waals surface area contributed by atoms with Crippen LogP contribution in [-0.2, 0) is 0 Å². The Balaban J connectivity index is 2.84. The number of aryl methyl sites for hydroxylation is 1. The Bertz CT molecular complexity index is 281. The summed E-state index contributed by atoms with van der Waals surface area (Å²) in [4.78, 5) is 4.09. The van der Waals surface area contributed by atoms with E-state index in [1.54, 1.807) is 12.3 Å². The van der Waals surface area contributed by atoms with Crippen molar-refractivity contribution in [3.05, 3.63) is 30.5 Å². The van der Waals surface area contributed by atoms with Gasteiger partial charge in [0.2, 0.25) is 0 Å². The fraction of sp³-hybridized carbons (Fsp3) is 0.222. The molecule has 0 aromatic carbocycles. The normalized spacial score (nSPS) is 9.42. The maximum atomic E-state index is 5.76. The Hall–Kier alpha value is -1.51. The van der Waals surface area contributed by atoms with Crippen LogP contribution in [0.15, 0.2) is 24.9 Å². The fourth-order valence-electron chi connectivity index (χ4n) is 0.879. The van der Waals surface area contributed by atoms with Gasteiger partial charge in [-0.25, -0.2) is 4.98 Å². The van der Waals surface area contributed by atoms with E-state index >= 15 is 0 Å². The lowest BCUT2D eigenvalue weighted by Gasteiger charge is -2.07. The number of nitrogens with zero attached hydrogens (tertiary/aromatic N) is 1. The molecular weight excluding hydrogens is 150 g/mol. The zero-order valence-electron chi connectivity index (χ0n) is 7.17. The quantitative estimate of drug-likeness (QED) is 0.665. The highest BCUT2D eigenvalue weighted by Gasteiger charge is 1.99. The van der Waals surface area contributed by atoms with Gasteiger partial charge in [-0.05, 0) is 18.6 Å². The third-order valence-electron chi connectivity index (χ3n) is 1.62. The number of aromatic nitrogens is 1.